The minimum atomic E-state index is -0.232. The van der Waals surface area contributed by atoms with Gasteiger partial charge < -0.3 is 5.32 Å². The summed E-state index contributed by atoms with van der Waals surface area (Å²) in [6.07, 6.45) is 2.48. The third-order valence-corrected chi connectivity index (χ3v) is 1.51. The Morgan fingerprint density at radius 2 is 2.33 bits per heavy atom. The van der Waals surface area contributed by atoms with Crippen LogP contribution in [0.1, 0.15) is 5.56 Å². The predicted octanol–water partition coefficient (Wildman–Crippen LogP) is 1.44. The van der Waals surface area contributed by atoms with Crippen LogP contribution in [0.25, 0.3) is 0 Å². The van der Waals surface area contributed by atoms with Gasteiger partial charge in [-0.25, -0.2) is 4.39 Å². The Morgan fingerprint density at radius 1 is 1.50 bits per heavy atom. The second-order valence-corrected chi connectivity index (χ2v) is 2.42. The molecule has 0 radical (unpaired) electrons. The van der Waals surface area contributed by atoms with Gasteiger partial charge in [-0.05, 0) is 24.1 Å². The van der Waals surface area contributed by atoms with E-state index in [0.717, 1.165) is 5.56 Å². The van der Waals surface area contributed by atoms with Crippen molar-refractivity contribution in [2.24, 2.45) is 0 Å². The number of nitriles is 1. The van der Waals surface area contributed by atoms with Crippen molar-refractivity contribution < 1.29 is 4.39 Å². The molecule has 0 aromatic heterocycles. The van der Waals surface area contributed by atoms with Crippen LogP contribution in [0.4, 0.5) is 4.39 Å². The molecule has 0 atom stereocenters. The molecule has 0 fully saturated rings. The smallest absolute Gasteiger partial charge is 0.176 e. The predicted molar refractivity (Wildman–Crippen MR) is 43.7 cm³/mol. The van der Waals surface area contributed by atoms with E-state index in [1.54, 1.807) is 6.07 Å². The number of rotatable bonds is 3. The Balaban J connectivity index is 2.48. The maximum absolute atomic E-state index is 12.6. The molecule has 0 aliphatic heterocycles. The number of halogens is 1. The van der Waals surface area contributed by atoms with Crippen LogP contribution in [-0.2, 0) is 6.42 Å². The number of benzene rings is 1. The molecule has 0 aliphatic carbocycles. The van der Waals surface area contributed by atoms with Gasteiger partial charge in [0.15, 0.2) is 6.19 Å². The Morgan fingerprint density at radius 3 is 3.00 bits per heavy atom. The van der Waals surface area contributed by atoms with Crippen LogP contribution in [0.15, 0.2) is 24.3 Å². The average Bonchev–Trinajstić information content (AvgIpc) is 2.05. The molecule has 1 rings (SSSR count). The van der Waals surface area contributed by atoms with Gasteiger partial charge in [-0.1, -0.05) is 12.1 Å². The number of hydrogen-bond acceptors (Lipinski definition) is 2. The molecule has 2 nitrogen and oxygen atoms in total. The van der Waals surface area contributed by atoms with Gasteiger partial charge in [-0.2, -0.15) is 5.26 Å². The topological polar surface area (TPSA) is 35.8 Å². The number of nitrogens with one attached hydrogen (secondary N) is 1. The van der Waals surface area contributed by atoms with E-state index < -0.39 is 0 Å². The van der Waals surface area contributed by atoms with Crippen LogP contribution >= 0.6 is 0 Å². The molecule has 3 heteroatoms. The highest BCUT2D eigenvalue weighted by Gasteiger charge is 1.93. The van der Waals surface area contributed by atoms with Crippen molar-refractivity contribution >= 4 is 0 Å². The van der Waals surface area contributed by atoms with Crippen LogP contribution in [0.5, 0.6) is 0 Å². The molecular formula is C9H9FN2. The molecule has 1 N–H and O–H groups in total. The van der Waals surface area contributed by atoms with E-state index in [4.69, 9.17) is 5.26 Å². The second-order valence-electron chi connectivity index (χ2n) is 2.42. The van der Waals surface area contributed by atoms with Crippen molar-refractivity contribution in [2.75, 3.05) is 6.54 Å². The zero-order valence-corrected chi connectivity index (χ0v) is 6.55. The molecule has 1 aromatic carbocycles. The van der Waals surface area contributed by atoms with E-state index >= 15 is 0 Å². The fourth-order valence-corrected chi connectivity index (χ4v) is 0.955. The number of hydrogen-bond donors (Lipinski definition) is 1. The van der Waals surface area contributed by atoms with Gasteiger partial charge in [0.25, 0.3) is 0 Å². The summed E-state index contributed by atoms with van der Waals surface area (Å²) < 4.78 is 12.6. The van der Waals surface area contributed by atoms with Crippen LogP contribution in [0.3, 0.4) is 0 Å². The summed E-state index contributed by atoms with van der Waals surface area (Å²) >= 11 is 0. The summed E-state index contributed by atoms with van der Waals surface area (Å²) in [7, 11) is 0. The summed E-state index contributed by atoms with van der Waals surface area (Å²) in [4.78, 5) is 0. The lowest BCUT2D eigenvalue weighted by Crippen LogP contribution is -2.09. The minimum absolute atomic E-state index is 0.232. The van der Waals surface area contributed by atoms with E-state index in [0.29, 0.717) is 13.0 Å². The van der Waals surface area contributed by atoms with Crippen molar-refractivity contribution in [3.8, 4) is 6.19 Å². The van der Waals surface area contributed by atoms with E-state index in [2.05, 4.69) is 5.32 Å². The molecule has 0 bridgehead atoms. The highest BCUT2D eigenvalue weighted by molar-refractivity contribution is 5.16. The molecule has 0 aliphatic rings. The molecule has 12 heavy (non-hydrogen) atoms. The summed E-state index contributed by atoms with van der Waals surface area (Å²) in [6.45, 7) is 0.556. The van der Waals surface area contributed by atoms with Crippen LogP contribution in [0.2, 0.25) is 0 Å². The van der Waals surface area contributed by atoms with Gasteiger partial charge in [0.2, 0.25) is 0 Å². The molecule has 0 amide bonds. The van der Waals surface area contributed by atoms with Crippen LogP contribution in [0, 0.1) is 17.3 Å². The van der Waals surface area contributed by atoms with Gasteiger partial charge in [0.05, 0.1) is 0 Å². The van der Waals surface area contributed by atoms with Gasteiger partial charge in [-0.15, -0.1) is 0 Å². The molecule has 0 unspecified atom stereocenters. The third kappa shape index (κ3) is 2.59. The van der Waals surface area contributed by atoms with E-state index in [9.17, 15) is 4.39 Å². The van der Waals surface area contributed by atoms with Gasteiger partial charge in [-0.3, -0.25) is 0 Å². The molecule has 62 valence electrons. The Labute approximate surface area is 70.6 Å². The van der Waals surface area contributed by atoms with Crippen molar-refractivity contribution in [3.05, 3.63) is 35.6 Å². The summed E-state index contributed by atoms with van der Waals surface area (Å²) in [5.41, 5.74) is 0.901. The van der Waals surface area contributed by atoms with Crippen molar-refractivity contribution in [2.45, 2.75) is 6.42 Å². The lowest BCUT2D eigenvalue weighted by atomic mass is 10.1. The van der Waals surface area contributed by atoms with E-state index in [1.165, 1.54) is 12.1 Å². The lowest BCUT2D eigenvalue weighted by molar-refractivity contribution is 0.625. The molecule has 0 heterocycles. The Bertz CT molecular complexity index is 291. The summed E-state index contributed by atoms with van der Waals surface area (Å²) in [5.74, 6) is -0.232. The summed E-state index contributed by atoms with van der Waals surface area (Å²) in [5, 5.41) is 10.7. The van der Waals surface area contributed by atoms with Gasteiger partial charge in [0.1, 0.15) is 5.82 Å². The maximum Gasteiger partial charge on any atom is 0.176 e. The van der Waals surface area contributed by atoms with Crippen LogP contribution in [-0.4, -0.2) is 6.54 Å². The summed E-state index contributed by atoms with van der Waals surface area (Å²) in [6, 6.07) is 6.37. The van der Waals surface area contributed by atoms with Crippen molar-refractivity contribution in [1.29, 1.82) is 5.26 Å². The average molecular weight is 164 g/mol. The second kappa shape index (κ2) is 4.35. The molecule has 1 aromatic rings. The molecule has 0 saturated heterocycles. The molecule has 0 spiro atoms. The zero-order chi connectivity index (χ0) is 8.81. The fourth-order valence-electron chi connectivity index (χ4n) is 0.955. The largest absolute Gasteiger partial charge is 0.324 e. The van der Waals surface area contributed by atoms with Crippen molar-refractivity contribution in [3.63, 3.8) is 0 Å². The maximum atomic E-state index is 12.6. The highest BCUT2D eigenvalue weighted by atomic mass is 19.1. The first-order valence-corrected chi connectivity index (χ1v) is 3.69. The third-order valence-electron chi connectivity index (χ3n) is 1.51. The molecular weight excluding hydrogens is 155 g/mol. The fraction of sp³-hybridized carbons (Fsp3) is 0.222. The van der Waals surface area contributed by atoms with Gasteiger partial charge >= 0.3 is 0 Å². The normalized spacial score (nSPS) is 9.00. The highest BCUT2D eigenvalue weighted by Crippen LogP contribution is 2.03. The SMILES string of the molecule is N#CNCCc1cccc(F)c1. The van der Waals surface area contributed by atoms with E-state index in [-0.39, 0.29) is 5.82 Å². The Kier molecular flexibility index (Phi) is 3.09. The zero-order valence-electron chi connectivity index (χ0n) is 6.55. The quantitative estimate of drug-likeness (QED) is 0.417. The monoisotopic (exact) mass is 164 g/mol. The van der Waals surface area contributed by atoms with Gasteiger partial charge in [0, 0.05) is 6.54 Å². The Hall–Kier alpha value is -1.56. The molecule has 0 saturated carbocycles. The van der Waals surface area contributed by atoms with Crippen molar-refractivity contribution in [1.82, 2.24) is 5.32 Å². The van der Waals surface area contributed by atoms with Crippen LogP contribution < -0.4 is 5.32 Å². The first-order chi connectivity index (χ1) is 5.83. The first kappa shape index (κ1) is 8.54. The standard InChI is InChI=1S/C9H9FN2/c10-9-3-1-2-8(6-9)4-5-12-7-11/h1-3,6,12H,4-5H2. The number of nitrogens with zero attached hydrogens (tertiary/aromatic N) is 1. The van der Waals surface area contributed by atoms with E-state index in [1.807, 2.05) is 12.3 Å². The minimum Gasteiger partial charge on any atom is -0.324 e. The first-order valence-electron chi connectivity index (χ1n) is 3.69. The lowest BCUT2D eigenvalue weighted by Gasteiger charge is -1.98.